The molecule has 17 heavy (non-hydrogen) atoms. The first-order valence-corrected chi connectivity index (χ1v) is 4.67. The zero-order valence-corrected chi connectivity index (χ0v) is 8.44. The Kier molecular flexibility index (Phi) is 2.71. The number of phenols is 1. The fourth-order valence-corrected chi connectivity index (χ4v) is 1.31. The Bertz CT molecular complexity index is 540. The molecule has 3 nitrogen and oxygen atoms in total. The molecule has 0 bridgehead atoms. The smallest absolute Gasteiger partial charge is 0.433 e. The van der Waals surface area contributed by atoms with E-state index in [0.717, 1.165) is 12.3 Å². The molecule has 0 atom stereocenters. The third kappa shape index (κ3) is 2.35. The Morgan fingerprint density at radius 1 is 1.06 bits per heavy atom. The van der Waals surface area contributed by atoms with Crippen molar-refractivity contribution in [1.82, 2.24) is 9.97 Å². The molecular weight excluding hydrogens is 233 g/mol. The molecule has 0 radical (unpaired) electrons. The first-order valence-electron chi connectivity index (χ1n) is 4.67. The van der Waals surface area contributed by atoms with Gasteiger partial charge in [0.05, 0.1) is 5.56 Å². The molecule has 0 spiro atoms. The predicted octanol–water partition coefficient (Wildman–Crippen LogP) is 2.87. The van der Waals surface area contributed by atoms with Gasteiger partial charge < -0.3 is 5.11 Å². The van der Waals surface area contributed by atoms with E-state index >= 15 is 0 Å². The van der Waals surface area contributed by atoms with Gasteiger partial charge in [-0.2, -0.15) is 13.2 Å². The molecule has 0 aliphatic rings. The molecule has 0 saturated carbocycles. The second-order valence-corrected chi connectivity index (χ2v) is 3.28. The summed E-state index contributed by atoms with van der Waals surface area (Å²) in [6.07, 6.45) is -3.51. The summed E-state index contributed by atoms with van der Waals surface area (Å²) < 4.78 is 37.3. The number of benzene rings is 1. The third-order valence-electron chi connectivity index (χ3n) is 2.09. The molecule has 6 heteroatoms. The van der Waals surface area contributed by atoms with Gasteiger partial charge in [0.25, 0.3) is 0 Å². The zero-order chi connectivity index (χ0) is 12.5. The molecule has 0 fully saturated rings. The van der Waals surface area contributed by atoms with E-state index in [0.29, 0.717) is 0 Å². The van der Waals surface area contributed by atoms with E-state index in [2.05, 4.69) is 9.97 Å². The Hall–Kier alpha value is -2.11. The molecule has 1 aromatic carbocycles. The fraction of sp³-hybridized carbons (Fsp3) is 0.0909. The van der Waals surface area contributed by atoms with Crippen LogP contribution in [0.15, 0.2) is 36.5 Å². The molecular formula is C11H7F3N2O. The minimum absolute atomic E-state index is 0.155. The van der Waals surface area contributed by atoms with Crippen LogP contribution >= 0.6 is 0 Å². The van der Waals surface area contributed by atoms with Gasteiger partial charge in [-0.1, -0.05) is 12.1 Å². The quantitative estimate of drug-likeness (QED) is 0.833. The van der Waals surface area contributed by atoms with Gasteiger partial charge in [-0.3, -0.25) is 0 Å². The van der Waals surface area contributed by atoms with Crippen molar-refractivity contribution >= 4 is 0 Å². The van der Waals surface area contributed by atoms with Gasteiger partial charge in [0, 0.05) is 6.20 Å². The van der Waals surface area contributed by atoms with Crippen molar-refractivity contribution in [3.05, 3.63) is 42.2 Å². The summed E-state index contributed by atoms with van der Waals surface area (Å²) in [5.41, 5.74) is -0.871. The largest absolute Gasteiger partial charge is 0.507 e. The number of aromatic hydroxyl groups is 1. The van der Waals surface area contributed by atoms with E-state index in [9.17, 15) is 18.3 Å². The highest BCUT2D eigenvalue weighted by molar-refractivity contribution is 5.63. The number of phenolic OH excluding ortho intramolecular Hbond substituents is 1. The maximum absolute atomic E-state index is 12.4. The lowest BCUT2D eigenvalue weighted by Crippen LogP contribution is -2.08. The number of halogens is 3. The molecule has 0 amide bonds. The number of nitrogens with zero attached hydrogens (tertiary/aromatic N) is 2. The lowest BCUT2D eigenvalue weighted by atomic mass is 10.2. The van der Waals surface area contributed by atoms with Crippen LogP contribution in [0.3, 0.4) is 0 Å². The Labute approximate surface area is 94.6 Å². The van der Waals surface area contributed by atoms with Crippen LogP contribution < -0.4 is 0 Å². The highest BCUT2D eigenvalue weighted by Gasteiger charge is 2.32. The first kappa shape index (κ1) is 11.4. The van der Waals surface area contributed by atoms with E-state index in [1.807, 2.05) is 0 Å². The summed E-state index contributed by atoms with van der Waals surface area (Å²) in [5, 5.41) is 9.50. The number of alkyl halides is 3. The average Bonchev–Trinajstić information content (AvgIpc) is 2.29. The highest BCUT2D eigenvalue weighted by Crippen LogP contribution is 2.30. The Balaban J connectivity index is 2.51. The SMILES string of the molecule is Oc1ccccc1-c1nccc(C(F)(F)F)n1. The van der Waals surface area contributed by atoms with Crippen molar-refractivity contribution in [3.63, 3.8) is 0 Å². The molecule has 0 aliphatic carbocycles. The van der Waals surface area contributed by atoms with Gasteiger partial charge in [-0.25, -0.2) is 9.97 Å². The highest BCUT2D eigenvalue weighted by atomic mass is 19.4. The van der Waals surface area contributed by atoms with Gasteiger partial charge >= 0.3 is 6.18 Å². The molecule has 88 valence electrons. The van der Waals surface area contributed by atoms with Crippen LogP contribution in [0.25, 0.3) is 11.4 Å². The number of hydrogen-bond acceptors (Lipinski definition) is 3. The molecule has 2 rings (SSSR count). The number of para-hydroxylation sites is 1. The Morgan fingerprint density at radius 3 is 2.41 bits per heavy atom. The summed E-state index contributed by atoms with van der Waals surface area (Å²) in [6, 6.07) is 6.73. The molecule has 2 aromatic rings. The van der Waals surface area contributed by atoms with Crippen molar-refractivity contribution < 1.29 is 18.3 Å². The standard InChI is InChI=1S/C11H7F3N2O/c12-11(13,14)9-5-6-15-10(16-9)7-3-1-2-4-8(7)17/h1-6,17H. The third-order valence-corrected chi connectivity index (χ3v) is 2.09. The van der Waals surface area contributed by atoms with Crippen LogP contribution in [0.4, 0.5) is 13.2 Å². The average molecular weight is 240 g/mol. The summed E-state index contributed by atoms with van der Waals surface area (Å²) in [7, 11) is 0. The number of rotatable bonds is 1. The zero-order valence-electron chi connectivity index (χ0n) is 8.44. The molecule has 0 saturated heterocycles. The van der Waals surface area contributed by atoms with Crippen molar-refractivity contribution in [2.45, 2.75) is 6.18 Å². The van der Waals surface area contributed by atoms with Crippen molar-refractivity contribution in [3.8, 4) is 17.1 Å². The van der Waals surface area contributed by atoms with Crippen molar-refractivity contribution in [1.29, 1.82) is 0 Å². The minimum atomic E-state index is -4.53. The van der Waals surface area contributed by atoms with Gasteiger partial charge in [-0.05, 0) is 18.2 Å². The second kappa shape index (κ2) is 4.04. The van der Waals surface area contributed by atoms with Crippen LogP contribution in [0.1, 0.15) is 5.69 Å². The monoisotopic (exact) mass is 240 g/mol. The topological polar surface area (TPSA) is 46.0 Å². The summed E-state index contributed by atoms with van der Waals surface area (Å²) in [4.78, 5) is 7.09. The van der Waals surface area contributed by atoms with Crippen LogP contribution in [0, 0.1) is 0 Å². The first-order chi connectivity index (χ1) is 7.98. The molecule has 1 N–H and O–H groups in total. The predicted molar refractivity (Wildman–Crippen MR) is 54.1 cm³/mol. The van der Waals surface area contributed by atoms with Crippen LogP contribution in [-0.2, 0) is 6.18 Å². The van der Waals surface area contributed by atoms with Gasteiger partial charge in [0.15, 0.2) is 5.82 Å². The Morgan fingerprint density at radius 2 is 1.76 bits per heavy atom. The molecule has 1 aromatic heterocycles. The van der Waals surface area contributed by atoms with Gasteiger partial charge in [-0.15, -0.1) is 0 Å². The molecule has 1 heterocycles. The van der Waals surface area contributed by atoms with E-state index in [4.69, 9.17) is 0 Å². The maximum atomic E-state index is 12.4. The number of hydrogen-bond donors (Lipinski definition) is 1. The van der Waals surface area contributed by atoms with Crippen LogP contribution in [0.2, 0.25) is 0 Å². The molecule has 0 unspecified atom stereocenters. The molecule has 0 aliphatic heterocycles. The number of aromatic nitrogens is 2. The summed E-state index contributed by atoms with van der Waals surface area (Å²) in [6.45, 7) is 0. The fourth-order valence-electron chi connectivity index (χ4n) is 1.31. The summed E-state index contributed by atoms with van der Waals surface area (Å²) >= 11 is 0. The lowest BCUT2D eigenvalue weighted by molar-refractivity contribution is -0.141. The van der Waals surface area contributed by atoms with E-state index in [1.165, 1.54) is 12.1 Å². The van der Waals surface area contributed by atoms with Crippen molar-refractivity contribution in [2.24, 2.45) is 0 Å². The van der Waals surface area contributed by atoms with Crippen molar-refractivity contribution in [2.75, 3.05) is 0 Å². The van der Waals surface area contributed by atoms with Gasteiger partial charge in [0.1, 0.15) is 11.4 Å². The summed E-state index contributed by atoms with van der Waals surface area (Å²) in [5.74, 6) is -0.315. The minimum Gasteiger partial charge on any atom is -0.507 e. The van der Waals surface area contributed by atoms with E-state index in [1.54, 1.807) is 12.1 Å². The van der Waals surface area contributed by atoms with Crippen LogP contribution in [-0.4, -0.2) is 15.1 Å². The normalized spacial score (nSPS) is 11.5. The van der Waals surface area contributed by atoms with E-state index < -0.39 is 11.9 Å². The lowest BCUT2D eigenvalue weighted by Gasteiger charge is -2.07. The van der Waals surface area contributed by atoms with Gasteiger partial charge in [0.2, 0.25) is 0 Å². The van der Waals surface area contributed by atoms with E-state index in [-0.39, 0.29) is 17.1 Å². The van der Waals surface area contributed by atoms with Crippen LogP contribution in [0.5, 0.6) is 5.75 Å². The maximum Gasteiger partial charge on any atom is 0.433 e. The second-order valence-electron chi connectivity index (χ2n) is 3.28.